The lowest BCUT2D eigenvalue weighted by Gasteiger charge is -2.40. The fourth-order valence-electron chi connectivity index (χ4n) is 10.4. The summed E-state index contributed by atoms with van der Waals surface area (Å²) in [6, 6.07) is -0.960. The van der Waals surface area contributed by atoms with Crippen LogP contribution in [-0.4, -0.2) is 241 Å². The number of nitrogens with one attached hydrogen (secondary N) is 5. The van der Waals surface area contributed by atoms with E-state index in [9.17, 15) is 74.7 Å². The highest BCUT2D eigenvalue weighted by Gasteiger charge is 2.45. The van der Waals surface area contributed by atoms with Crippen molar-refractivity contribution in [3.05, 3.63) is 0 Å². The fourth-order valence-corrected chi connectivity index (χ4v) is 10.4. The molecule has 3 aliphatic rings. The minimum atomic E-state index is -1.27. The summed E-state index contributed by atoms with van der Waals surface area (Å²) < 4.78 is 39.2. The van der Waals surface area contributed by atoms with Gasteiger partial charge in [-0.3, -0.25) is 28.8 Å². The van der Waals surface area contributed by atoms with Gasteiger partial charge in [-0.2, -0.15) is 0 Å². The number of aliphatic hydroxyl groups excluding tert-OH is 9. The van der Waals surface area contributed by atoms with Gasteiger partial charge in [0.25, 0.3) is 0 Å². The second kappa shape index (κ2) is 43.9. The number of ether oxygens (including phenoxy) is 7. The van der Waals surface area contributed by atoms with E-state index in [0.29, 0.717) is 136 Å². The molecule has 0 aromatic rings. The number of hydrogen-bond donors (Lipinski definition) is 14. The largest absolute Gasteiger partial charge is 0.394 e. The van der Waals surface area contributed by atoms with Crippen LogP contribution >= 0.6 is 0 Å². The number of amides is 5. The van der Waals surface area contributed by atoms with Crippen LogP contribution in [0.3, 0.4) is 0 Å². The van der Waals surface area contributed by atoms with Crippen LogP contribution < -0.4 is 26.6 Å². The number of methoxy groups -OCH3 is 1. The lowest BCUT2D eigenvalue weighted by Crippen LogP contribution is -2.55. The van der Waals surface area contributed by atoms with Crippen molar-refractivity contribution in [2.75, 3.05) is 79.5 Å². The maximum Gasteiger partial charge on any atom is 0.223 e. The van der Waals surface area contributed by atoms with Crippen LogP contribution in [0.25, 0.3) is 0 Å². The minimum Gasteiger partial charge on any atom is -0.394 e. The summed E-state index contributed by atoms with van der Waals surface area (Å²) >= 11 is 0. The number of Topliss-reactive ketones (excluding diaryl/α,β-unsaturated/α-hetero) is 1. The standard InChI is InChI=1S/C59H107N5O22/c1-37-50(73)53(76)43(34-65)84-57(37)81-30-15-9-22-47(70)60-25-13-7-19-40(56(79)63-27-12-5-6-21-46(69)62-28-18-29-80-4)33-42(68)41(64-49(72)24-11-17-32-83-59-39(3)52(75)55(78)45(36-67)86-59)20-8-14-26-61-48(71)23-10-16-31-82-58-38(2)51(74)54(77)44(35-66)85-58/h37-41,43-45,50-55,57-59,65-67,73-78H,5-36H2,1-4H3,(H,60,70)(H,61,71)(H,62,69)(H,63,79)(H,64,72)/t37?,38?,39-,40?,41?,43?,44?,45?,50+,51+,52+,53-,54-,55-,57+,58+,59?/m0/s1. The van der Waals surface area contributed by atoms with Crippen molar-refractivity contribution in [2.24, 2.45) is 23.7 Å². The number of hydrogen-bond acceptors (Lipinski definition) is 22. The molecule has 27 heteroatoms. The van der Waals surface area contributed by atoms with Crippen LogP contribution in [0.15, 0.2) is 0 Å². The molecule has 86 heavy (non-hydrogen) atoms. The Balaban J connectivity index is 1.57. The van der Waals surface area contributed by atoms with E-state index in [1.807, 2.05) is 0 Å². The smallest absolute Gasteiger partial charge is 0.223 e. The summed E-state index contributed by atoms with van der Waals surface area (Å²) in [6.45, 7) is 6.13. The van der Waals surface area contributed by atoms with Crippen LogP contribution in [0.1, 0.15) is 156 Å². The SMILES string of the molecule is COCCCNC(=O)CCCCCNC(=O)C(CCCCNC(=O)CCCCO[C@@H]1OC(CO)[C@H](O)[C@H](O)C1C)CC(=O)C(CCCCNC(=O)CCCCO[C@@H]1OC(CO)[C@H](O)[C@H](O)C1C)NC(=O)CCCCOC1OC(CO)[C@H](O)[C@H](O)[C@@H]1C. The number of carbonyl (C=O) groups excluding carboxylic acids is 6. The lowest BCUT2D eigenvalue weighted by atomic mass is 9.91. The second-order valence-corrected chi connectivity index (χ2v) is 23.2. The van der Waals surface area contributed by atoms with E-state index in [-0.39, 0.29) is 81.3 Å². The fraction of sp³-hybridized carbons (Fsp3) is 0.898. The van der Waals surface area contributed by atoms with E-state index < -0.39 is 129 Å². The summed E-state index contributed by atoms with van der Waals surface area (Å²) in [6.07, 6.45) is -4.24. The summed E-state index contributed by atoms with van der Waals surface area (Å²) in [4.78, 5) is 79.5. The monoisotopic (exact) mass is 1240 g/mol. The third-order valence-corrected chi connectivity index (χ3v) is 16.1. The van der Waals surface area contributed by atoms with E-state index >= 15 is 0 Å². The normalized spacial score (nSPS) is 28.3. The minimum absolute atomic E-state index is 0.0348. The molecule has 0 saturated carbocycles. The first-order valence-electron chi connectivity index (χ1n) is 31.4. The average Bonchev–Trinajstić information content (AvgIpc) is 2.45. The lowest BCUT2D eigenvalue weighted by molar-refractivity contribution is -0.282. The molecular formula is C59H107N5O22. The van der Waals surface area contributed by atoms with Gasteiger partial charge >= 0.3 is 0 Å². The summed E-state index contributed by atoms with van der Waals surface area (Å²) in [7, 11) is 1.60. The highest BCUT2D eigenvalue weighted by atomic mass is 16.7. The molecular weight excluding hydrogens is 1130 g/mol. The van der Waals surface area contributed by atoms with Crippen molar-refractivity contribution in [2.45, 2.75) is 235 Å². The van der Waals surface area contributed by atoms with Gasteiger partial charge in [-0.25, -0.2) is 0 Å². The molecule has 500 valence electrons. The zero-order valence-electron chi connectivity index (χ0n) is 51.3. The Morgan fingerprint density at radius 2 is 0.779 bits per heavy atom. The third-order valence-electron chi connectivity index (χ3n) is 16.1. The van der Waals surface area contributed by atoms with Gasteiger partial charge < -0.3 is 106 Å². The van der Waals surface area contributed by atoms with Gasteiger partial charge in [-0.1, -0.05) is 33.6 Å². The Morgan fingerprint density at radius 1 is 0.419 bits per heavy atom. The number of ketones is 1. The van der Waals surface area contributed by atoms with Gasteiger partial charge in [0.05, 0.1) is 44.2 Å². The topological polar surface area (TPSA) is 409 Å². The summed E-state index contributed by atoms with van der Waals surface area (Å²) in [5, 5.41) is 104. The summed E-state index contributed by atoms with van der Waals surface area (Å²) in [5.41, 5.74) is 0. The second-order valence-electron chi connectivity index (χ2n) is 23.2. The van der Waals surface area contributed by atoms with Gasteiger partial charge in [0, 0.05) is 115 Å². The van der Waals surface area contributed by atoms with Crippen molar-refractivity contribution in [3.8, 4) is 0 Å². The van der Waals surface area contributed by atoms with Crippen LogP contribution in [-0.2, 0) is 61.9 Å². The number of aliphatic hydroxyl groups is 9. The quantitative estimate of drug-likeness (QED) is 0.0333. The molecule has 0 radical (unpaired) electrons. The molecule has 3 fully saturated rings. The molecule has 3 heterocycles. The van der Waals surface area contributed by atoms with E-state index in [1.165, 1.54) is 0 Å². The molecule has 5 amide bonds. The van der Waals surface area contributed by atoms with Crippen molar-refractivity contribution in [1.82, 2.24) is 26.6 Å². The Labute approximate surface area is 507 Å². The Kier molecular flexibility index (Phi) is 39.2. The molecule has 0 aromatic heterocycles. The van der Waals surface area contributed by atoms with Gasteiger partial charge in [0.15, 0.2) is 24.7 Å². The van der Waals surface area contributed by atoms with E-state index in [2.05, 4.69) is 26.6 Å². The van der Waals surface area contributed by atoms with E-state index in [1.54, 1.807) is 27.9 Å². The van der Waals surface area contributed by atoms with Crippen molar-refractivity contribution < 1.29 is 108 Å². The third kappa shape index (κ3) is 28.5. The molecule has 0 spiro atoms. The highest BCUT2D eigenvalue weighted by Crippen LogP contribution is 2.30. The van der Waals surface area contributed by atoms with Crippen molar-refractivity contribution in [1.29, 1.82) is 0 Å². The highest BCUT2D eigenvalue weighted by molar-refractivity contribution is 5.92. The van der Waals surface area contributed by atoms with E-state index in [4.69, 9.17) is 33.2 Å². The molecule has 3 saturated heterocycles. The first-order chi connectivity index (χ1) is 41.3. The van der Waals surface area contributed by atoms with Gasteiger partial charge in [0.1, 0.15) is 36.6 Å². The molecule has 0 bridgehead atoms. The molecule has 3 aliphatic heterocycles. The van der Waals surface area contributed by atoms with Crippen LogP contribution in [0.5, 0.6) is 0 Å². The predicted octanol–water partition coefficient (Wildman–Crippen LogP) is -0.765. The molecule has 17 atom stereocenters. The summed E-state index contributed by atoms with van der Waals surface area (Å²) in [5.74, 6) is -3.93. The molecule has 0 aromatic carbocycles. The van der Waals surface area contributed by atoms with Crippen molar-refractivity contribution >= 4 is 35.3 Å². The molecule has 14 N–H and O–H groups in total. The van der Waals surface area contributed by atoms with Crippen LogP contribution in [0, 0.1) is 23.7 Å². The predicted molar refractivity (Wildman–Crippen MR) is 310 cm³/mol. The van der Waals surface area contributed by atoms with E-state index in [0.717, 1.165) is 0 Å². The van der Waals surface area contributed by atoms with Gasteiger partial charge in [-0.05, 0) is 89.9 Å². The molecule has 0 aliphatic carbocycles. The Bertz CT molecular complexity index is 1910. The maximum atomic E-state index is 14.3. The van der Waals surface area contributed by atoms with Crippen LogP contribution in [0.4, 0.5) is 0 Å². The first kappa shape index (κ1) is 76.6. The molecule has 8 unspecified atom stereocenters. The number of carbonyl (C=O) groups is 6. The first-order valence-corrected chi connectivity index (χ1v) is 31.4. The Hall–Kier alpha value is -3.62. The van der Waals surface area contributed by atoms with Gasteiger partial charge in [0.2, 0.25) is 29.5 Å². The average molecular weight is 1240 g/mol. The van der Waals surface area contributed by atoms with Gasteiger partial charge in [-0.15, -0.1) is 0 Å². The molecule has 27 nitrogen and oxygen atoms in total. The zero-order valence-corrected chi connectivity index (χ0v) is 51.3. The zero-order chi connectivity index (χ0) is 63.4. The van der Waals surface area contributed by atoms with Crippen LogP contribution in [0.2, 0.25) is 0 Å². The number of rotatable bonds is 46. The van der Waals surface area contributed by atoms with Crippen molar-refractivity contribution in [3.63, 3.8) is 0 Å². The maximum absolute atomic E-state index is 14.3. The molecule has 3 rings (SSSR count). The Morgan fingerprint density at radius 3 is 1.19 bits per heavy atom. The number of unbranched alkanes of at least 4 members (excludes halogenated alkanes) is 7.